The van der Waals surface area contributed by atoms with E-state index in [4.69, 9.17) is 0 Å². The Bertz CT molecular complexity index is 640. The van der Waals surface area contributed by atoms with Crippen LogP contribution < -0.4 is 9.65 Å². The molecule has 1 aromatic rings. The number of rotatable bonds is 4. The van der Waals surface area contributed by atoms with Crippen LogP contribution in [0, 0.1) is 6.92 Å². The minimum Gasteiger partial charge on any atom is -0.465 e. The maximum Gasteiger partial charge on any atom is 0.510 e. The van der Waals surface area contributed by atoms with Gasteiger partial charge < -0.3 is 21.9 Å². The summed E-state index contributed by atoms with van der Waals surface area (Å²) in [5.74, 6) is -2.10. The molecular formula is C9H8BF4O5S-. The number of methoxy groups -OCH3 is 1. The number of carbonyl (C=O) groups is 1. The number of ether oxygens (including phenoxy) is 1. The fraction of sp³-hybridized carbons (Fsp3) is 0.222. The summed E-state index contributed by atoms with van der Waals surface area (Å²) < 4.78 is 79.5. The Morgan fingerprint density at radius 1 is 1.25 bits per heavy atom. The van der Waals surface area contributed by atoms with Gasteiger partial charge in [-0.1, -0.05) is 9.45 Å². The van der Waals surface area contributed by atoms with Gasteiger partial charge in [-0.3, -0.25) is 0 Å². The number of benzene rings is 1. The fourth-order valence-electron chi connectivity index (χ4n) is 1.53. The number of hydrogen-bond donors (Lipinski definition) is 0. The van der Waals surface area contributed by atoms with E-state index in [2.05, 4.69) is 8.92 Å². The molecule has 0 spiro atoms. The third kappa shape index (κ3) is 3.86. The van der Waals surface area contributed by atoms with Gasteiger partial charge in [0.1, 0.15) is 5.75 Å². The number of hydrogen-bond acceptors (Lipinski definition) is 5. The lowest BCUT2D eigenvalue weighted by Crippen LogP contribution is -2.37. The molecule has 0 fully saturated rings. The predicted octanol–water partition coefficient (Wildman–Crippen LogP) is 1.43. The topological polar surface area (TPSA) is 69.7 Å². The van der Waals surface area contributed by atoms with Gasteiger partial charge in [0.25, 0.3) is 0 Å². The van der Waals surface area contributed by atoms with Crippen molar-refractivity contribution in [3.05, 3.63) is 23.3 Å². The SMILES string of the molecule is COC(=O)c1cc(OS(=O)(=O)F)cc([B-](F)(F)F)c1C. The van der Waals surface area contributed by atoms with Gasteiger partial charge in [-0.05, 0) is 19.1 Å². The summed E-state index contributed by atoms with van der Waals surface area (Å²) in [6, 6.07) is 0.961. The van der Waals surface area contributed by atoms with Crippen LogP contribution in [0.3, 0.4) is 0 Å². The maximum absolute atomic E-state index is 12.8. The summed E-state index contributed by atoms with van der Waals surface area (Å²) in [4.78, 5) is 11.3. The molecule has 0 bridgehead atoms. The highest BCUT2D eigenvalue weighted by molar-refractivity contribution is 7.81. The Hall–Kier alpha value is -1.78. The van der Waals surface area contributed by atoms with Crippen LogP contribution in [0.5, 0.6) is 5.75 Å². The summed E-state index contributed by atoms with van der Waals surface area (Å²) in [6.07, 6.45) is 0. The first kappa shape index (κ1) is 16.3. The van der Waals surface area contributed by atoms with Crippen molar-refractivity contribution < 1.29 is 39.0 Å². The first-order valence-electron chi connectivity index (χ1n) is 5.02. The van der Waals surface area contributed by atoms with Crippen molar-refractivity contribution in [3.63, 3.8) is 0 Å². The quantitative estimate of drug-likeness (QED) is 0.364. The van der Waals surface area contributed by atoms with Gasteiger partial charge in [0, 0.05) is 0 Å². The highest BCUT2D eigenvalue weighted by atomic mass is 32.3. The lowest BCUT2D eigenvalue weighted by Gasteiger charge is -2.20. The average Bonchev–Trinajstić information content (AvgIpc) is 2.26. The molecule has 0 atom stereocenters. The molecule has 0 aromatic heterocycles. The van der Waals surface area contributed by atoms with Gasteiger partial charge in [0.05, 0.1) is 12.7 Å². The monoisotopic (exact) mass is 315 g/mol. The van der Waals surface area contributed by atoms with Crippen molar-refractivity contribution >= 4 is 28.9 Å². The van der Waals surface area contributed by atoms with E-state index in [9.17, 15) is 30.0 Å². The van der Waals surface area contributed by atoms with Gasteiger partial charge in [0.2, 0.25) is 0 Å². The van der Waals surface area contributed by atoms with Crippen molar-refractivity contribution in [2.24, 2.45) is 0 Å². The Morgan fingerprint density at radius 2 is 1.80 bits per heavy atom. The van der Waals surface area contributed by atoms with Crippen LogP contribution in [0.1, 0.15) is 15.9 Å². The molecule has 0 unspecified atom stereocenters. The van der Waals surface area contributed by atoms with Crippen LogP contribution in [0.25, 0.3) is 0 Å². The summed E-state index contributed by atoms with van der Waals surface area (Å²) in [6.45, 7) is -4.55. The van der Waals surface area contributed by atoms with Gasteiger partial charge >= 0.3 is 23.5 Å². The van der Waals surface area contributed by atoms with Crippen LogP contribution in [-0.2, 0) is 15.2 Å². The fourth-order valence-corrected chi connectivity index (χ4v) is 1.86. The minimum atomic E-state index is -5.56. The second-order valence-corrected chi connectivity index (χ2v) is 4.68. The van der Waals surface area contributed by atoms with Crippen LogP contribution in [0.2, 0.25) is 0 Å². The zero-order valence-electron chi connectivity index (χ0n) is 10.2. The van der Waals surface area contributed by atoms with Crippen LogP contribution >= 0.6 is 0 Å². The molecule has 0 aliphatic heterocycles. The second-order valence-electron chi connectivity index (χ2n) is 3.73. The first-order chi connectivity index (χ1) is 8.95. The number of halogens is 4. The lowest BCUT2D eigenvalue weighted by atomic mass is 9.75. The Balaban J connectivity index is 3.54. The van der Waals surface area contributed by atoms with Crippen LogP contribution in [-0.4, -0.2) is 28.5 Å². The van der Waals surface area contributed by atoms with Crippen molar-refractivity contribution in [2.75, 3.05) is 7.11 Å². The zero-order valence-corrected chi connectivity index (χ0v) is 11.0. The van der Waals surface area contributed by atoms with Crippen molar-refractivity contribution in [1.29, 1.82) is 0 Å². The van der Waals surface area contributed by atoms with E-state index in [1.54, 1.807) is 0 Å². The molecule has 11 heteroatoms. The molecule has 0 saturated carbocycles. The van der Waals surface area contributed by atoms with Gasteiger partial charge in [-0.15, -0.1) is 5.46 Å². The van der Waals surface area contributed by atoms with E-state index in [-0.39, 0.29) is 0 Å². The zero-order chi connectivity index (χ0) is 15.7. The van der Waals surface area contributed by atoms with Gasteiger partial charge in [0.15, 0.2) is 0 Å². The molecule has 1 rings (SSSR count). The van der Waals surface area contributed by atoms with E-state index in [1.807, 2.05) is 0 Å². The smallest absolute Gasteiger partial charge is 0.465 e. The molecule has 0 amide bonds. The number of esters is 1. The molecule has 112 valence electrons. The molecule has 1 aromatic carbocycles. The molecular weight excluding hydrogens is 307 g/mol. The summed E-state index contributed by atoms with van der Waals surface area (Å²) >= 11 is 0. The molecule has 0 radical (unpaired) electrons. The van der Waals surface area contributed by atoms with Crippen LogP contribution in [0.15, 0.2) is 12.1 Å². The van der Waals surface area contributed by atoms with Gasteiger partial charge in [-0.2, -0.15) is 8.42 Å². The molecule has 20 heavy (non-hydrogen) atoms. The molecule has 0 aliphatic rings. The Kier molecular flexibility index (Phi) is 4.32. The third-order valence-corrected chi connectivity index (χ3v) is 2.77. The second kappa shape index (κ2) is 5.31. The number of carbonyl (C=O) groups excluding carboxylic acids is 1. The Morgan fingerprint density at radius 3 is 2.20 bits per heavy atom. The molecule has 0 heterocycles. The van der Waals surface area contributed by atoms with E-state index < -0.39 is 45.8 Å². The van der Waals surface area contributed by atoms with E-state index >= 15 is 0 Å². The van der Waals surface area contributed by atoms with Crippen molar-refractivity contribution in [2.45, 2.75) is 6.92 Å². The standard InChI is InChI=1S/C9H8BF4O5S/c1-5-7(9(15)18-2)3-6(19-20(14,16)17)4-8(5)10(11,12)13/h3-4H,1-2H3/q-1. The third-order valence-electron chi connectivity index (χ3n) is 2.38. The van der Waals surface area contributed by atoms with Gasteiger partial charge in [-0.25, -0.2) is 4.79 Å². The van der Waals surface area contributed by atoms with E-state index in [0.29, 0.717) is 12.1 Å². The molecule has 0 aliphatic carbocycles. The normalized spacial score (nSPS) is 12.1. The summed E-state index contributed by atoms with van der Waals surface area (Å²) in [5.41, 5.74) is -2.30. The largest absolute Gasteiger partial charge is 0.510 e. The predicted molar refractivity (Wildman–Crippen MR) is 61.9 cm³/mol. The van der Waals surface area contributed by atoms with E-state index in [1.165, 1.54) is 0 Å². The average molecular weight is 315 g/mol. The van der Waals surface area contributed by atoms with Crippen molar-refractivity contribution in [3.8, 4) is 5.75 Å². The molecule has 0 saturated heterocycles. The summed E-state index contributed by atoms with van der Waals surface area (Å²) in [5, 5.41) is 0. The summed E-state index contributed by atoms with van der Waals surface area (Å²) in [7, 11) is -4.58. The first-order valence-corrected chi connectivity index (χ1v) is 6.33. The van der Waals surface area contributed by atoms with Crippen molar-refractivity contribution in [1.82, 2.24) is 0 Å². The lowest BCUT2D eigenvalue weighted by molar-refractivity contribution is 0.0599. The van der Waals surface area contributed by atoms with E-state index in [0.717, 1.165) is 14.0 Å². The Labute approximate surface area is 112 Å². The van der Waals surface area contributed by atoms with Crippen LogP contribution in [0.4, 0.5) is 16.8 Å². The molecule has 5 nitrogen and oxygen atoms in total. The maximum atomic E-state index is 12.8. The highest BCUT2D eigenvalue weighted by Crippen LogP contribution is 2.23. The molecule has 0 N–H and O–H groups in total. The highest BCUT2D eigenvalue weighted by Gasteiger charge is 2.31. The minimum absolute atomic E-state index is 0.304.